The molecule has 0 aliphatic heterocycles. The van der Waals surface area contributed by atoms with E-state index < -0.39 is 0 Å². The number of allylic oxidation sites excluding steroid dienone is 4. The smallest absolute Gasteiger partial charge is 0.0160 e. The molecule has 0 aromatic carbocycles. The van der Waals surface area contributed by atoms with E-state index in [0.717, 1.165) is 5.92 Å². The van der Waals surface area contributed by atoms with Gasteiger partial charge in [0, 0.05) is 0 Å². The minimum absolute atomic E-state index is 0.969. The third kappa shape index (κ3) is 1.04. The zero-order chi connectivity index (χ0) is 8.84. The van der Waals surface area contributed by atoms with Gasteiger partial charge in [0.2, 0.25) is 0 Å². The molecule has 0 saturated heterocycles. The fraction of sp³-hybridized carbons (Fsp3) is 0.692. The Labute approximate surface area is 80.7 Å². The molecule has 1 atom stereocenters. The quantitative estimate of drug-likeness (QED) is 0.521. The van der Waals surface area contributed by atoms with E-state index in [2.05, 4.69) is 6.92 Å². The van der Waals surface area contributed by atoms with Crippen molar-refractivity contribution in [2.24, 2.45) is 5.92 Å². The maximum absolute atomic E-state index is 2.38. The summed E-state index contributed by atoms with van der Waals surface area (Å²) in [6.07, 6.45) is 10.0. The summed E-state index contributed by atoms with van der Waals surface area (Å²) in [7, 11) is 0. The van der Waals surface area contributed by atoms with Crippen LogP contribution in [0.2, 0.25) is 0 Å². The average molecular weight is 174 g/mol. The van der Waals surface area contributed by atoms with Crippen molar-refractivity contribution in [3.05, 3.63) is 22.3 Å². The first-order valence-corrected chi connectivity index (χ1v) is 5.77. The molecule has 0 amide bonds. The Hall–Kier alpha value is -0.520. The highest BCUT2D eigenvalue weighted by Crippen LogP contribution is 2.48. The van der Waals surface area contributed by atoms with Gasteiger partial charge < -0.3 is 0 Å². The third-order valence-electron chi connectivity index (χ3n) is 4.25. The molecule has 0 N–H and O–H groups in total. The summed E-state index contributed by atoms with van der Waals surface area (Å²) in [6.45, 7) is 2.38. The van der Waals surface area contributed by atoms with Gasteiger partial charge in [-0.25, -0.2) is 0 Å². The van der Waals surface area contributed by atoms with Crippen LogP contribution in [0.3, 0.4) is 0 Å². The Kier molecular flexibility index (Phi) is 1.65. The van der Waals surface area contributed by atoms with E-state index in [-0.39, 0.29) is 0 Å². The van der Waals surface area contributed by atoms with Crippen LogP contribution in [0.5, 0.6) is 0 Å². The molecule has 3 aliphatic carbocycles. The highest BCUT2D eigenvalue weighted by atomic mass is 14.4. The lowest BCUT2D eigenvalue weighted by Gasteiger charge is -2.23. The van der Waals surface area contributed by atoms with Crippen LogP contribution < -0.4 is 0 Å². The van der Waals surface area contributed by atoms with Gasteiger partial charge in [0.15, 0.2) is 0 Å². The van der Waals surface area contributed by atoms with E-state index in [0.29, 0.717) is 0 Å². The average Bonchev–Trinajstić information content (AvgIpc) is 2.71. The predicted octanol–water partition coefficient (Wildman–Crippen LogP) is 3.99. The van der Waals surface area contributed by atoms with Crippen molar-refractivity contribution in [3.63, 3.8) is 0 Å². The third-order valence-corrected chi connectivity index (χ3v) is 4.25. The Bertz CT molecular complexity index is 304. The summed E-state index contributed by atoms with van der Waals surface area (Å²) in [5.41, 5.74) is 7.14. The number of rotatable bonds is 0. The SMILES string of the molecule is CC1=C2CCCC2CC2=C1CCC2. The molecule has 0 bridgehead atoms. The summed E-state index contributed by atoms with van der Waals surface area (Å²) in [5, 5.41) is 0. The lowest BCUT2D eigenvalue weighted by Crippen LogP contribution is -2.07. The van der Waals surface area contributed by atoms with Crippen LogP contribution in [0.25, 0.3) is 0 Å². The molecule has 0 spiro atoms. The molecule has 3 rings (SSSR count). The van der Waals surface area contributed by atoms with Gasteiger partial charge in [-0.3, -0.25) is 0 Å². The molecule has 0 heteroatoms. The largest absolute Gasteiger partial charge is 0.0661 e. The van der Waals surface area contributed by atoms with E-state index in [4.69, 9.17) is 0 Å². The molecular formula is C13H18. The van der Waals surface area contributed by atoms with Gasteiger partial charge in [-0.2, -0.15) is 0 Å². The van der Waals surface area contributed by atoms with Gasteiger partial charge in [-0.05, 0) is 68.9 Å². The molecule has 0 aromatic rings. The number of hydrogen-bond acceptors (Lipinski definition) is 0. The lowest BCUT2D eigenvalue weighted by molar-refractivity contribution is 0.599. The highest BCUT2D eigenvalue weighted by Gasteiger charge is 2.31. The van der Waals surface area contributed by atoms with E-state index in [9.17, 15) is 0 Å². The van der Waals surface area contributed by atoms with Crippen molar-refractivity contribution in [2.45, 2.75) is 51.9 Å². The van der Waals surface area contributed by atoms with Crippen molar-refractivity contribution in [3.8, 4) is 0 Å². The molecule has 0 nitrogen and oxygen atoms in total. The Morgan fingerprint density at radius 2 is 2.00 bits per heavy atom. The topological polar surface area (TPSA) is 0 Å². The second kappa shape index (κ2) is 2.73. The summed E-state index contributed by atoms with van der Waals surface area (Å²) < 4.78 is 0. The fourth-order valence-corrected chi connectivity index (χ4v) is 3.61. The fourth-order valence-electron chi connectivity index (χ4n) is 3.61. The molecule has 3 aliphatic rings. The van der Waals surface area contributed by atoms with Crippen LogP contribution in [0.1, 0.15) is 51.9 Å². The molecule has 70 valence electrons. The lowest BCUT2D eigenvalue weighted by atomic mass is 9.82. The molecule has 0 radical (unpaired) electrons. The molecular weight excluding hydrogens is 156 g/mol. The first kappa shape index (κ1) is 7.84. The molecule has 1 unspecified atom stereocenters. The Morgan fingerprint density at radius 3 is 2.92 bits per heavy atom. The molecule has 0 heterocycles. The van der Waals surface area contributed by atoms with Crippen LogP contribution in [-0.4, -0.2) is 0 Å². The normalized spacial score (nSPS) is 32.5. The van der Waals surface area contributed by atoms with E-state index in [1.165, 1.54) is 44.9 Å². The van der Waals surface area contributed by atoms with Crippen molar-refractivity contribution in [2.75, 3.05) is 0 Å². The monoisotopic (exact) mass is 174 g/mol. The van der Waals surface area contributed by atoms with Crippen LogP contribution in [0.15, 0.2) is 22.3 Å². The molecule has 0 aromatic heterocycles. The van der Waals surface area contributed by atoms with Gasteiger partial charge in [0.1, 0.15) is 0 Å². The van der Waals surface area contributed by atoms with Crippen LogP contribution in [0.4, 0.5) is 0 Å². The van der Waals surface area contributed by atoms with Crippen LogP contribution >= 0.6 is 0 Å². The highest BCUT2D eigenvalue weighted by molar-refractivity contribution is 5.45. The van der Waals surface area contributed by atoms with Crippen molar-refractivity contribution in [1.29, 1.82) is 0 Å². The first-order chi connectivity index (χ1) is 6.36. The van der Waals surface area contributed by atoms with E-state index >= 15 is 0 Å². The molecule has 1 saturated carbocycles. The zero-order valence-electron chi connectivity index (χ0n) is 8.53. The summed E-state index contributed by atoms with van der Waals surface area (Å²) in [6, 6.07) is 0. The predicted molar refractivity (Wildman–Crippen MR) is 55.5 cm³/mol. The summed E-state index contributed by atoms with van der Waals surface area (Å²) >= 11 is 0. The first-order valence-electron chi connectivity index (χ1n) is 5.77. The Balaban J connectivity index is 2.05. The van der Waals surface area contributed by atoms with Gasteiger partial charge in [-0.1, -0.05) is 11.1 Å². The van der Waals surface area contributed by atoms with E-state index in [1.54, 1.807) is 11.1 Å². The summed E-state index contributed by atoms with van der Waals surface area (Å²) in [5.74, 6) is 0.969. The Morgan fingerprint density at radius 1 is 1.08 bits per heavy atom. The van der Waals surface area contributed by atoms with Gasteiger partial charge in [0.05, 0.1) is 0 Å². The summed E-state index contributed by atoms with van der Waals surface area (Å²) in [4.78, 5) is 0. The zero-order valence-corrected chi connectivity index (χ0v) is 8.53. The minimum atomic E-state index is 0.969. The maximum atomic E-state index is 2.38. The standard InChI is InChI=1S/C13H18/c1-9-12-6-2-4-10(12)8-11-5-3-7-13(9)11/h10H,2-8H2,1H3. The van der Waals surface area contributed by atoms with Crippen molar-refractivity contribution < 1.29 is 0 Å². The molecule has 13 heavy (non-hydrogen) atoms. The van der Waals surface area contributed by atoms with Crippen LogP contribution in [0, 0.1) is 5.92 Å². The molecule has 1 fully saturated rings. The second-order valence-electron chi connectivity index (χ2n) is 4.88. The van der Waals surface area contributed by atoms with Crippen LogP contribution in [-0.2, 0) is 0 Å². The second-order valence-corrected chi connectivity index (χ2v) is 4.88. The van der Waals surface area contributed by atoms with Crippen molar-refractivity contribution >= 4 is 0 Å². The van der Waals surface area contributed by atoms with Gasteiger partial charge >= 0.3 is 0 Å². The van der Waals surface area contributed by atoms with E-state index in [1.807, 2.05) is 11.1 Å². The number of hydrogen-bond donors (Lipinski definition) is 0. The van der Waals surface area contributed by atoms with Gasteiger partial charge in [-0.15, -0.1) is 0 Å². The maximum Gasteiger partial charge on any atom is -0.0160 e. The number of fused-ring (bicyclic) bond motifs is 1. The minimum Gasteiger partial charge on any atom is -0.0661 e. The van der Waals surface area contributed by atoms with Gasteiger partial charge in [0.25, 0.3) is 0 Å². The van der Waals surface area contributed by atoms with Crippen molar-refractivity contribution in [1.82, 2.24) is 0 Å².